The van der Waals surface area contributed by atoms with Crippen molar-refractivity contribution in [2.75, 3.05) is 13.2 Å². The third-order valence-electron chi connectivity index (χ3n) is 3.39. The molecule has 3 rings (SSSR count). The van der Waals surface area contributed by atoms with Crippen LogP contribution in [0.5, 0.6) is 0 Å². The Hall–Kier alpha value is -1.92. The molecule has 6 heteroatoms. The maximum absolute atomic E-state index is 5.92. The Balaban J connectivity index is 2.02. The van der Waals surface area contributed by atoms with Crippen molar-refractivity contribution in [2.24, 2.45) is 0 Å². The highest BCUT2D eigenvalue weighted by Gasteiger charge is 2.42. The molecule has 1 N–H and O–H groups in total. The van der Waals surface area contributed by atoms with Gasteiger partial charge in [0.05, 0.1) is 23.5 Å². The van der Waals surface area contributed by atoms with E-state index in [0.29, 0.717) is 6.61 Å². The highest BCUT2D eigenvalue weighted by atomic mass is 16.5. The number of morpholine rings is 1. The van der Waals surface area contributed by atoms with Gasteiger partial charge in [-0.1, -0.05) is 0 Å². The second-order valence-electron chi connectivity index (χ2n) is 4.61. The molecule has 0 aromatic carbocycles. The summed E-state index contributed by atoms with van der Waals surface area (Å²) in [5, 5.41) is 3.48. The van der Waals surface area contributed by atoms with Gasteiger partial charge in [-0.25, -0.2) is 19.9 Å². The minimum atomic E-state index is -0.421. The summed E-state index contributed by atoms with van der Waals surface area (Å²) in [6.07, 6.45) is 6.35. The Morgan fingerprint density at radius 1 is 1.21 bits per heavy atom. The number of ether oxygens (including phenoxy) is 1. The first-order chi connectivity index (χ1) is 9.31. The molecular weight excluding hydrogens is 242 g/mol. The van der Waals surface area contributed by atoms with Gasteiger partial charge in [0.15, 0.2) is 0 Å². The summed E-state index contributed by atoms with van der Waals surface area (Å²) in [6, 6.07) is 3.77. The Kier molecular flexibility index (Phi) is 3.18. The number of hydrogen-bond acceptors (Lipinski definition) is 6. The fourth-order valence-electron chi connectivity index (χ4n) is 2.41. The molecule has 6 nitrogen and oxygen atoms in total. The van der Waals surface area contributed by atoms with Crippen LogP contribution in [-0.4, -0.2) is 33.1 Å². The van der Waals surface area contributed by atoms with E-state index in [4.69, 9.17) is 4.74 Å². The van der Waals surface area contributed by atoms with Gasteiger partial charge in [-0.2, -0.15) is 0 Å². The van der Waals surface area contributed by atoms with Gasteiger partial charge in [-0.05, 0) is 19.1 Å². The van der Waals surface area contributed by atoms with Crippen molar-refractivity contribution in [1.82, 2.24) is 25.3 Å². The SMILES string of the molecule is CC1(c2ccncn2)NCCOC1c1ccncn1. The molecule has 0 aliphatic carbocycles. The first-order valence-electron chi connectivity index (χ1n) is 6.20. The lowest BCUT2D eigenvalue weighted by atomic mass is 9.87. The first-order valence-corrected chi connectivity index (χ1v) is 6.20. The number of rotatable bonds is 2. The Morgan fingerprint density at radius 3 is 2.68 bits per heavy atom. The van der Waals surface area contributed by atoms with Crippen LogP contribution in [0.15, 0.2) is 37.2 Å². The van der Waals surface area contributed by atoms with Crippen molar-refractivity contribution in [2.45, 2.75) is 18.6 Å². The van der Waals surface area contributed by atoms with E-state index in [-0.39, 0.29) is 6.10 Å². The van der Waals surface area contributed by atoms with Crippen LogP contribution < -0.4 is 5.32 Å². The van der Waals surface area contributed by atoms with Crippen molar-refractivity contribution in [3.63, 3.8) is 0 Å². The van der Waals surface area contributed by atoms with Crippen LogP contribution >= 0.6 is 0 Å². The normalized spacial score (nSPS) is 27.1. The largest absolute Gasteiger partial charge is 0.368 e. The van der Waals surface area contributed by atoms with Gasteiger partial charge in [0, 0.05) is 18.9 Å². The van der Waals surface area contributed by atoms with Gasteiger partial charge in [0.2, 0.25) is 0 Å². The summed E-state index contributed by atoms with van der Waals surface area (Å²) in [7, 11) is 0. The maximum atomic E-state index is 5.92. The second-order valence-corrected chi connectivity index (χ2v) is 4.61. The molecule has 19 heavy (non-hydrogen) atoms. The fraction of sp³-hybridized carbons (Fsp3) is 0.385. The quantitative estimate of drug-likeness (QED) is 0.859. The lowest BCUT2D eigenvalue weighted by Gasteiger charge is -2.41. The molecule has 0 radical (unpaired) electrons. The summed E-state index contributed by atoms with van der Waals surface area (Å²) in [4.78, 5) is 16.6. The molecule has 0 saturated carbocycles. The summed E-state index contributed by atoms with van der Waals surface area (Å²) in [5.74, 6) is 0. The van der Waals surface area contributed by atoms with Gasteiger partial charge in [0.25, 0.3) is 0 Å². The second kappa shape index (κ2) is 4.99. The Labute approximate surface area is 111 Å². The predicted molar refractivity (Wildman–Crippen MR) is 68.1 cm³/mol. The molecule has 98 valence electrons. The Morgan fingerprint density at radius 2 is 2.00 bits per heavy atom. The average Bonchev–Trinajstić information content (AvgIpc) is 2.49. The zero-order valence-electron chi connectivity index (χ0n) is 10.7. The lowest BCUT2D eigenvalue weighted by Crippen LogP contribution is -2.52. The summed E-state index contributed by atoms with van der Waals surface area (Å²) in [6.45, 7) is 3.50. The molecule has 2 unspecified atom stereocenters. The topological polar surface area (TPSA) is 72.8 Å². The lowest BCUT2D eigenvalue weighted by molar-refractivity contribution is -0.0529. The van der Waals surface area contributed by atoms with E-state index in [1.165, 1.54) is 6.33 Å². The average molecular weight is 257 g/mol. The van der Waals surface area contributed by atoms with Gasteiger partial charge < -0.3 is 10.1 Å². The minimum Gasteiger partial charge on any atom is -0.368 e. The van der Waals surface area contributed by atoms with Crippen LogP contribution in [0.4, 0.5) is 0 Å². The van der Waals surface area contributed by atoms with E-state index < -0.39 is 5.54 Å². The summed E-state index contributed by atoms with van der Waals surface area (Å²) < 4.78 is 5.92. The molecule has 0 amide bonds. The van der Waals surface area contributed by atoms with E-state index in [1.807, 2.05) is 12.1 Å². The van der Waals surface area contributed by atoms with Crippen LogP contribution in [-0.2, 0) is 10.3 Å². The standard InChI is InChI=1S/C13H15N5O/c1-13(11-3-5-15-9-17-11)12(19-7-6-18-13)10-2-4-14-8-16-10/h2-5,8-9,12,18H,6-7H2,1H3. The molecule has 1 aliphatic heterocycles. The molecular formula is C13H15N5O. The minimum absolute atomic E-state index is 0.195. The van der Waals surface area contributed by atoms with Gasteiger partial charge >= 0.3 is 0 Å². The van der Waals surface area contributed by atoms with Crippen LogP contribution in [0.2, 0.25) is 0 Å². The zero-order chi connectivity index (χ0) is 13.1. The van der Waals surface area contributed by atoms with Crippen LogP contribution in [0, 0.1) is 0 Å². The van der Waals surface area contributed by atoms with Crippen molar-refractivity contribution in [3.05, 3.63) is 48.6 Å². The molecule has 1 aliphatic rings. The van der Waals surface area contributed by atoms with Crippen LogP contribution in [0.3, 0.4) is 0 Å². The summed E-state index contributed by atoms with van der Waals surface area (Å²) in [5.41, 5.74) is 1.32. The molecule has 0 bridgehead atoms. The van der Waals surface area contributed by atoms with Crippen LogP contribution in [0.1, 0.15) is 24.4 Å². The third-order valence-corrected chi connectivity index (χ3v) is 3.39. The van der Waals surface area contributed by atoms with Crippen molar-refractivity contribution in [1.29, 1.82) is 0 Å². The zero-order valence-corrected chi connectivity index (χ0v) is 10.7. The van der Waals surface area contributed by atoms with E-state index in [9.17, 15) is 0 Å². The van der Waals surface area contributed by atoms with E-state index in [1.54, 1.807) is 18.7 Å². The highest BCUT2D eigenvalue weighted by Crippen LogP contribution is 2.37. The maximum Gasteiger partial charge on any atom is 0.123 e. The first kappa shape index (κ1) is 12.1. The van der Waals surface area contributed by atoms with E-state index in [0.717, 1.165) is 17.9 Å². The smallest absolute Gasteiger partial charge is 0.123 e. The monoisotopic (exact) mass is 257 g/mol. The van der Waals surface area contributed by atoms with Crippen molar-refractivity contribution < 1.29 is 4.74 Å². The Bertz CT molecular complexity index is 535. The molecule has 1 saturated heterocycles. The molecule has 2 aromatic rings. The number of nitrogens with one attached hydrogen (secondary N) is 1. The predicted octanol–water partition coefficient (Wildman–Crippen LogP) is 0.843. The summed E-state index contributed by atoms with van der Waals surface area (Å²) >= 11 is 0. The van der Waals surface area contributed by atoms with Gasteiger partial charge in [-0.3, -0.25) is 0 Å². The molecule has 1 fully saturated rings. The van der Waals surface area contributed by atoms with E-state index in [2.05, 4.69) is 32.2 Å². The van der Waals surface area contributed by atoms with Crippen molar-refractivity contribution in [3.8, 4) is 0 Å². The number of hydrogen-bond donors (Lipinski definition) is 1. The number of nitrogens with zero attached hydrogens (tertiary/aromatic N) is 4. The highest BCUT2D eigenvalue weighted by molar-refractivity contribution is 5.21. The third kappa shape index (κ3) is 2.20. The van der Waals surface area contributed by atoms with Gasteiger partial charge in [0.1, 0.15) is 18.8 Å². The fourth-order valence-corrected chi connectivity index (χ4v) is 2.41. The number of aromatic nitrogens is 4. The van der Waals surface area contributed by atoms with Crippen molar-refractivity contribution >= 4 is 0 Å². The van der Waals surface area contributed by atoms with Gasteiger partial charge in [-0.15, -0.1) is 0 Å². The molecule has 0 spiro atoms. The molecule has 2 atom stereocenters. The van der Waals surface area contributed by atoms with Crippen LogP contribution in [0.25, 0.3) is 0 Å². The molecule has 3 heterocycles. The molecule has 2 aromatic heterocycles. The van der Waals surface area contributed by atoms with E-state index >= 15 is 0 Å².